The summed E-state index contributed by atoms with van der Waals surface area (Å²) in [5.74, 6) is -0.0763. The summed E-state index contributed by atoms with van der Waals surface area (Å²) >= 11 is 0. The predicted octanol–water partition coefficient (Wildman–Crippen LogP) is 9.25. The van der Waals surface area contributed by atoms with Crippen LogP contribution in [0.2, 0.25) is 36.3 Å². The van der Waals surface area contributed by atoms with Crippen molar-refractivity contribution in [3.8, 4) is 5.75 Å². The molecular formula is C38H63NO6Si2. The highest BCUT2D eigenvalue weighted by Gasteiger charge is 2.42. The van der Waals surface area contributed by atoms with Gasteiger partial charge < -0.3 is 24.0 Å². The van der Waals surface area contributed by atoms with Crippen LogP contribution in [-0.4, -0.2) is 52.1 Å². The highest BCUT2D eigenvalue weighted by Crippen LogP contribution is 2.41. The minimum atomic E-state index is -2.27. The van der Waals surface area contributed by atoms with E-state index in [0.717, 1.165) is 18.4 Å². The van der Waals surface area contributed by atoms with Gasteiger partial charge in [0.1, 0.15) is 23.6 Å². The van der Waals surface area contributed by atoms with E-state index in [1.54, 1.807) is 12.2 Å². The van der Waals surface area contributed by atoms with Gasteiger partial charge in [-0.2, -0.15) is 0 Å². The molecule has 2 N–H and O–H groups in total. The summed E-state index contributed by atoms with van der Waals surface area (Å²) in [6.07, 6.45) is 12.7. The van der Waals surface area contributed by atoms with Crippen molar-refractivity contribution in [3.63, 3.8) is 0 Å². The Labute approximate surface area is 287 Å². The molecule has 0 fully saturated rings. The molecule has 1 aromatic carbocycles. The van der Waals surface area contributed by atoms with Crippen molar-refractivity contribution in [3.05, 3.63) is 65.8 Å². The number of hydrogen-bond donors (Lipinski definition) is 2. The number of allylic oxidation sites excluding steroid dienone is 5. The molecule has 1 aliphatic rings. The molecule has 1 aromatic rings. The zero-order chi connectivity index (χ0) is 35.6. The minimum absolute atomic E-state index is 0.00760. The van der Waals surface area contributed by atoms with Gasteiger partial charge in [0.05, 0.1) is 6.10 Å². The lowest BCUT2D eigenvalue weighted by Gasteiger charge is -2.42. The van der Waals surface area contributed by atoms with Crippen molar-refractivity contribution >= 4 is 28.5 Å². The number of benzene rings is 1. The van der Waals surface area contributed by atoms with Crippen molar-refractivity contribution in [2.45, 2.75) is 149 Å². The zero-order valence-corrected chi connectivity index (χ0v) is 33.2. The largest absolute Gasteiger partial charge is 0.543 e. The molecule has 0 spiro atoms. The Hall–Kier alpha value is -2.47. The number of carbonyl (C=O) groups is 2. The smallest absolute Gasteiger partial charge is 0.342 e. The Morgan fingerprint density at radius 1 is 1.06 bits per heavy atom. The van der Waals surface area contributed by atoms with Gasteiger partial charge in [-0.05, 0) is 85.9 Å². The first-order valence-electron chi connectivity index (χ1n) is 17.3. The Morgan fingerprint density at radius 2 is 1.72 bits per heavy atom. The fourth-order valence-corrected chi connectivity index (χ4v) is 7.26. The molecule has 1 aliphatic heterocycles. The third-order valence-corrected chi connectivity index (χ3v) is 18.8. The fourth-order valence-electron chi connectivity index (χ4n) is 4.80. The van der Waals surface area contributed by atoms with Crippen LogP contribution in [0.1, 0.15) is 103 Å². The van der Waals surface area contributed by atoms with E-state index in [0.29, 0.717) is 30.6 Å². The first-order valence-corrected chi connectivity index (χ1v) is 23.2. The fraction of sp³-hybridized carbons (Fsp3) is 0.632. The average Bonchev–Trinajstić information content (AvgIpc) is 2.93. The molecule has 4 atom stereocenters. The molecule has 9 heteroatoms. The quantitative estimate of drug-likeness (QED) is 0.0602. The molecule has 264 valence electrons. The van der Waals surface area contributed by atoms with Gasteiger partial charge in [0.25, 0.3) is 8.32 Å². The maximum absolute atomic E-state index is 14.2. The van der Waals surface area contributed by atoms with Gasteiger partial charge in [-0.25, -0.2) is 4.79 Å². The molecular weight excluding hydrogens is 623 g/mol. The second kappa shape index (κ2) is 17.3. The Balaban J connectivity index is 2.49. The van der Waals surface area contributed by atoms with Crippen LogP contribution in [0.15, 0.2) is 54.7 Å². The van der Waals surface area contributed by atoms with Gasteiger partial charge >= 0.3 is 5.97 Å². The van der Waals surface area contributed by atoms with E-state index in [1.807, 2.05) is 31.2 Å². The number of rotatable bonds is 11. The topological polar surface area (TPSA) is 94.1 Å². The summed E-state index contributed by atoms with van der Waals surface area (Å²) in [5, 5.41) is 13.3. The van der Waals surface area contributed by atoms with Crippen molar-refractivity contribution in [1.82, 2.24) is 5.32 Å². The number of aliphatic hydroxyl groups excluding tert-OH is 1. The summed E-state index contributed by atoms with van der Waals surface area (Å²) in [6, 6.07) is 5.79. The molecule has 0 aromatic heterocycles. The van der Waals surface area contributed by atoms with Crippen LogP contribution in [0.4, 0.5) is 0 Å². The number of ether oxygens (including phenoxy) is 1. The summed E-state index contributed by atoms with van der Waals surface area (Å²) in [5.41, 5.74) is 1.32. The molecule has 0 saturated heterocycles. The second-order valence-electron chi connectivity index (χ2n) is 16.0. The molecule has 47 heavy (non-hydrogen) atoms. The van der Waals surface area contributed by atoms with E-state index >= 15 is 0 Å². The lowest BCUT2D eigenvalue weighted by Crippen LogP contribution is -2.46. The third kappa shape index (κ3) is 12.5. The van der Waals surface area contributed by atoms with Crippen molar-refractivity contribution in [2.24, 2.45) is 5.92 Å². The van der Waals surface area contributed by atoms with Crippen molar-refractivity contribution in [2.75, 3.05) is 0 Å². The normalized spacial score (nSPS) is 21.8. The van der Waals surface area contributed by atoms with Gasteiger partial charge in [0.2, 0.25) is 5.91 Å². The van der Waals surface area contributed by atoms with Crippen molar-refractivity contribution < 1.29 is 28.3 Å². The second-order valence-corrected chi connectivity index (χ2v) is 25.5. The minimum Gasteiger partial charge on any atom is -0.543 e. The monoisotopic (exact) mass is 685 g/mol. The number of esters is 1. The molecule has 0 saturated carbocycles. The summed E-state index contributed by atoms with van der Waals surface area (Å²) in [7, 11) is -4.44. The average molecular weight is 686 g/mol. The molecule has 2 unspecified atom stereocenters. The number of carbonyl (C=O) groups excluding carboxylic acids is 2. The van der Waals surface area contributed by atoms with Crippen LogP contribution < -0.4 is 9.74 Å². The van der Waals surface area contributed by atoms with Crippen LogP contribution in [0.25, 0.3) is 0 Å². The molecule has 0 aliphatic carbocycles. The number of cyclic esters (lactones) is 1. The Kier molecular flexibility index (Phi) is 15.0. The third-order valence-electron chi connectivity index (χ3n) is 9.96. The van der Waals surface area contributed by atoms with E-state index in [-0.39, 0.29) is 34.4 Å². The first kappa shape index (κ1) is 40.7. The van der Waals surface area contributed by atoms with Crippen LogP contribution in [0, 0.1) is 5.92 Å². The zero-order valence-electron chi connectivity index (χ0n) is 31.2. The van der Waals surface area contributed by atoms with Gasteiger partial charge in [-0.15, -0.1) is 0 Å². The number of fused-ring (bicyclic) bond motifs is 1. The molecule has 2 rings (SSSR count). The van der Waals surface area contributed by atoms with Gasteiger partial charge in [0.15, 0.2) is 8.32 Å². The van der Waals surface area contributed by atoms with Crippen LogP contribution in [-0.2, 0) is 20.4 Å². The van der Waals surface area contributed by atoms with E-state index in [9.17, 15) is 14.7 Å². The van der Waals surface area contributed by atoms with E-state index in [2.05, 4.69) is 92.1 Å². The summed E-state index contributed by atoms with van der Waals surface area (Å²) < 4.78 is 20.1. The maximum Gasteiger partial charge on any atom is 0.342 e. The number of amides is 1. The standard InChI is InChI=1S/C38H63NO6Si2/c1-13-14-15-16-24-33(40)39-34(41)26-25-30-27-32(45-47(11,12)38(6,7)8)28(2)20-17-18-21-29-22-19-23-31(35(29)36(42)43-30)44-46(9,10)37(3,4)5/h14-19,22-24,28,30,32,34,41H,13,20-21,25-27H2,1-12H3,(H,39,40)/b15-14-,18-17+,24-16-/t28-,30-,32?,34?/m0/s1. The van der Waals surface area contributed by atoms with Crippen LogP contribution in [0.5, 0.6) is 5.75 Å². The molecule has 0 bridgehead atoms. The molecule has 1 heterocycles. The highest BCUT2D eigenvalue weighted by molar-refractivity contribution is 6.75. The van der Waals surface area contributed by atoms with Crippen LogP contribution >= 0.6 is 0 Å². The van der Waals surface area contributed by atoms with E-state index < -0.39 is 34.9 Å². The van der Waals surface area contributed by atoms with Crippen molar-refractivity contribution in [1.29, 1.82) is 0 Å². The first-order chi connectivity index (χ1) is 21.7. The van der Waals surface area contributed by atoms with Crippen LogP contribution in [0.3, 0.4) is 0 Å². The van der Waals surface area contributed by atoms with Gasteiger partial charge in [-0.3, -0.25) is 4.79 Å². The summed E-state index contributed by atoms with van der Waals surface area (Å²) in [6.45, 7) is 26.3. The molecule has 1 amide bonds. The number of nitrogens with one attached hydrogen (secondary N) is 1. The lowest BCUT2D eigenvalue weighted by atomic mass is 9.93. The van der Waals surface area contributed by atoms with Gasteiger partial charge in [-0.1, -0.05) is 97.9 Å². The molecule has 7 nitrogen and oxygen atoms in total. The Morgan fingerprint density at radius 3 is 2.34 bits per heavy atom. The van der Waals surface area contributed by atoms with E-state index in [4.69, 9.17) is 13.6 Å². The summed E-state index contributed by atoms with van der Waals surface area (Å²) in [4.78, 5) is 26.6. The van der Waals surface area contributed by atoms with Gasteiger partial charge in [0, 0.05) is 12.5 Å². The lowest BCUT2D eigenvalue weighted by molar-refractivity contribution is -0.119. The van der Waals surface area contributed by atoms with E-state index in [1.165, 1.54) is 6.08 Å². The number of hydrogen-bond acceptors (Lipinski definition) is 6. The predicted molar refractivity (Wildman–Crippen MR) is 199 cm³/mol. The highest BCUT2D eigenvalue weighted by atomic mass is 28.4. The molecule has 0 radical (unpaired) electrons. The number of aliphatic hydroxyl groups is 1. The Bertz CT molecular complexity index is 1270. The SMILES string of the molecule is CC/C=C\C=C/C(=O)NC(O)CC[C@H]1CC(O[Si](C)(C)C(C)(C)C)[C@@H](C)C/C=C/Cc2cccc(O[Si](C)(C)C(C)(C)C)c2C(=O)O1. The maximum atomic E-state index is 14.2.